The Bertz CT molecular complexity index is 892. The lowest BCUT2D eigenvalue weighted by atomic mass is 9.74. The van der Waals surface area contributed by atoms with Crippen LogP contribution in [0.4, 0.5) is 0 Å². The van der Waals surface area contributed by atoms with E-state index in [9.17, 15) is 0 Å². The van der Waals surface area contributed by atoms with Crippen molar-refractivity contribution in [3.63, 3.8) is 0 Å². The predicted octanol–water partition coefficient (Wildman–Crippen LogP) is 5.92. The van der Waals surface area contributed by atoms with E-state index in [-0.39, 0.29) is 0 Å². The second-order valence-corrected chi connectivity index (χ2v) is 6.97. The lowest BCUT2D eigenvalue weighted by Crippen LogP contribution is -2.12. The van der Waals surface area contributed by atoms with Crippen LogP contribution in [-0.2, 0) is 0 Å². The highest BCUT2D eigenvalue weighted by atomic mass is 14.4. The normalized spacial score (nSPS) is 24.3. The van der Waals surface area contributed by atoms with Gasteiger partial charge in [-0.2, -0.15) is 0 Å². The molecule has 0 N–H and O–H groups in total. The van der Waals surface area contributed by atoms with Gasteiger partial charge in [0.2, 0.25) is 0 Å². The van der Waals surface area contributed by atoms with Crippen LogP contribution in [0.3, 0.4) is 0 Å². The van der Waals surface area contributed by atoms with Gasteiger partial charge in [0.25, 0.3) is 0 Å². The molecule has 0 aromatic heterocycles. The minimum atomic E-state index is 0.516. The van der Waals surface area contributed by atoms with Gasteiger partial charge in [0.1, 0.15) is 0 Å². The first-order valence-electron chi connectivity index (χ1n) is 8.60. The van der Waals surface area contributed by atoms with Crippen LogP contribution in [0.1, 0.15) is 46.9 Å². The van der Waals surface area contributed by atoms with Crippen LogP contribution in [0.15, 0.2) is 77.9 Å². The van der Waals surface area contributed by atoms with E-state index in [2.05, 4.69) is 73.7 Å². The van der Waals surface area contributed by atoms with Crippen LogP contribution >= 0.6 is 0 Å². The average Bonchev–Trinajstić information content (AvgIpc) is 2.92. The second-order valence-electron chi connectivity index (χ2n) is 6.97. The summed E-state index contributed by atoms with van der Waals surface area (Å²) in [6, 6.07) is 18.0. The minimum Gasteiger partial charge on any atom is -0.0833 e. The molecule has 23 heavy (non-hydrogen) atoms. The molecule has 0 heteroatoms. The molecular weight excluding hydrogens is 276 g/mol. The van der Waals surface area contributed by atoms with Gasteiger partial charge in [-0.05, 0) is 53.2 Å². The van der Waals surface area contributed by atoms with Gasteiger partial charge in [-0.3, -0.25) is 0 Å². The van der Waals surface area contributed by atoms with E-state index in [1.165, 1.54) is 27.8 Å². The first kappa shape index (κ1) is 13.1. The van der Waals surface area contributed by atoms with E-state index in [0.29, 0.717) is 11.8 Å². The molecule has 0 nitrogen and oxygen atoms in total. The maximum absolute atomic E-state index is 2.49. The third-order valence-corrected chi connectivity index (χ3v) is 5.62. The molecule has 0 bridgehead atoms. The van der Waals surface area contributed by atoms with Crippen LogP contribution in [0.2, 0.25) is 0 Å². The van der Waals surface area contributed by atoms with Gasteiger partial charge < -0.3 is 0 Å². The van der Waals surface area contributed by atoms with Crippen molar-refractivity contribution in [1.82, 2.24) is 0 Å². The Hall–Kier alpha value is -2.34. The van der Waals surface area contributed by atoms with Gasteiger partial charge in [-0.25, -0.2) is 0 Å². The zero-order valence-corrected chi connectivity index (χ0v) is 13.4. The van der Waals surface area contributed by atoms with Gasteiger partial charge in [0.05, 0.1) is 0 Å². The predicted molar refractivity (Wildman–Crippen MR) is 96.5 cm³/mol. The quantitative estimate of drug-likeness (QED) is 0.612. The summed E-state index contributed by atoms with van der Waals surface area (Å²) in [5.74, 6) is 1.09. The Labute approximate surface area is 137 Å². The minimum absolute atomic E-state index is 0.516. The molecule has 0 radical (unpaired) electrons. The lowest BCUT2D eigenvalue weighted by Gasteiger charge is -2.30. The van der Waals surface area contributed by atoms with Crippen molar-refractivity contribution in [3.05, 3.63) is 100 Å². The van der Waals surface area contributed by atoms with Crippen LogP contribution in [0.25, 0.3) is 5.57 Å². The summed E-state index contributed by atoms with van der Waals surface area (Å²) in [4.78, 5) is 0. The molecule has 3 aliphatic rings. The van der Waals surface area contributed by atoms with Gasteiger partial charge in [-0.1, -0.05) is 72.3 Å². The number of hydrogen-bond donors (Lipinski definition) is 0. The van der Waals surface area contributed by atoms with Crippen molar-refractivity contribution < 1.29 is 0 Å². The van der Waals surface area contributed by atoms with E-state index in [4.69, 9.17) is 0 Å². The molecule has 2 atom stereocenters. The topological polar surface area (TPSA) is 0 Å². The third kappa shape index (κ3) is 1.84. The highest BCUT2D eigenvalue weighted by Gasteiger charge is 2.37. The molecule has 5 rings (SSSR count). The van der Waals surface area contributed by atoms with E-state index in [1.807, 2.05) is 0 Å². The molecule has 112 valence electrons. The summed E-state index contributed by atoms with van der Waals surface area (Å²) in [6.07, 6.45) is 9.54. The zero-order valence-electron chi connectivity index (χ0n) is 13.4. The van der Waals surface area contributed by atoms with Crippen LogP contribution in [0, 0.1) is 6.92 Å². The van der Waals surface area contributed by atoms with Crippen molar-refractivity contribution in [2.24, 2.45) is 0 Å². The maximum atomic E-state index is 2.49. The summed E-state index contributed by atoms with van der Waals surface area (Å²) < 4.78 is 0. The van der Waals surface area contributed by atoms with Crippen molar-refractivity contribution >= 4 is 5.57 Å². The number of allylic oxidation sites excluding steroid dienone is 6. The average molecular weight is 296 g/mol. The molecule has 3 aliphatic carbocycles. The van der Waals surface area contributed by atoms with Crippen molar-refractivity contribution in [2.75, 3.05) is 0 Å². The maximum Gasteiger partial charge on any atom is 0.0139 e. The Morgan fingerprint density at radius 2 is 1.83 bits per heavy atom. The number of aryl methyl sites for hydroxylation is 1. The van der Waals surface area contributed by atoms with E-state index >= 15 is 0 Å². The molecule has 0 spiro atoms. The number of rotatable bonds is 1. The largest absolute Gasteiger partial charge is 0.0833 e. The van der Waals surface area contributed by atoms with Gasteiger partial charge in [-0.15, -0.1) is 0 Å². The molecule has 2 aromatic rings. The molecule has 0 heterocycles. The van der Waals surface area contributed by atoms with Crippen LogP contribution in [0.5, 0.6) is 0 Å². The fraction of sp³-hybridized carbons (Fsp3) is 0.217. The highest BCUT2D eigenvalue weighted by Crippen LogP contribution is 2.55. The smallest absolute Gasteiger partial charge is 0.0139 e. The first-order chi connectivity index (χ1) is 11.3. The van der Waals surface area contributed by atoms with Gasteiger partial charge >= 0.3 is 0 Å². The first-order valence-corrected chi connectivity index (χ1v) is 8.60. The number of benzene rings is 2. The van der Waals surface area contributed by atoms with E-state index in [0.717, 1.165) is 12.8 Å². The summed E-state index contributed by atoms with van der Waals surface area (Å²) in [6.45, 7) is 2.19. The fourth-order valence-electron chi connectivity index (χ4n) is 4.65. The third-order valence-electron chi connectivity index (χ3n) is 5.62. The van der Waals surface area contributed by atoms with Crippen molar-refractivity contribution in [1.29, 1.82) is 0 Å². The lowest BCUT2D eigenvalue weighted by molar-refractivity contribution is 0.751. The zero-order chi connectivity index (χ0) is 15.4. The van der Waals surface area contributed by atoms with Gasteiger partial charge in [0, 0.05) is 11.8 Å². The monoisotopic (exact) mass is 296 g/mol. The number of fused-ring (bicyclic) bond motifs is 3. The summed E-state index contributed by atoms with van der Waals surface area (Å²) >= 11 is 0. The Kier molecular flexibility index (Phi) is 2.76. The summed E-state index contributed by atoms with van der Waals surface area (Å²) in [7, 11) is 0. The summed E-state index contributed by atoms with van der Waals surface area (Å²) in [5, 5.41) is 0. The van der Waals surface area contributed by atoms with Crippen molar-refractivity contribution in [3.8, 4) is 0 Å². The van der Waals surface area contributed by atoms with Crippen LogP contribution in [-0.4, -0.2) is 0 Å². The molecule has 0 amide bonds. The van der Waals surface area contributed by atoms with E-state index in [1.54, 1.807) is 11.1 Å². The molecular formula is C23H20. The Morgan fingerprint density at radius 3 is 2.74 bits per heavy atom. The molecule has 2 unspecified atom stereocenters. The standard InChI is InChI=1S/C23H20/c1-15-6-4-7-16(14-15)17-12-13-22-19-9-3-2-8-18(19)21-11-5-10-20(17)23(21)22/h2-10,13-14,17,21H,11-12H2,1H3. The Balaban J connectivity index is 1.69. The van der Waals surface area contributed by atoms with E-state index < -0.39 is 0 Å². The second kappa shape index (κ2) is 4.83. The van der Waals surface area contributed by atoms with Gasteiger partial charge in [0.15, 0.2) is 0 Å². The fourth-order valence-corrected chi connectivity index (χ4v) is 4.65. The molecule has 0 fully saturated rings. The number of hydrogen-bond acceptors (Lipinski definition) is 0. The van der Waals surface area contributed by atoms with Crippen molar-refractivity contribution in [2.45, 2.75) is 31.6 Å². The van der Waals surface area contributed by atoms with Crippen LogP contribution < -0.4 is 0 Å². The summed E-state index contributed by atoms with van der Waals surface area (Å²) in [5.41, 5.74) is 10.5. The Morgan fingerprint density at radius 1 is 0.913 bits per heavy atom. The molecule has 0 saturated heterocycles. The SMILES string of the molecule is Cc1cccc(C2CC=C3C4=C2C=CCC4c2ccccc23)c1. The molecule has 0 saturated carbocycles. The highest BCUT2D eigenvalue weighted by molar-refractivity contribution is 5.91. The molecule has 2 aromatic carbocycles. The molecule has 0 aliphatic heterocycles.